The number of rotatable bonds is 3. The van der Waals surface area contributed by atoms with Gasteiger partial charge in [-0.1, -0.05) is 11.8 Å². The molecule has 0 saturated carbocycles. The molecule has 0 fully saturated rings. The minimum atomic E-state index is -0.0660. The van der Waals surface area contributed by atoms with E-state index in [0.29, 0.717) is 24.2 Å². The fourth-order valence-corrected chi connectivity index (χ4v) is 1.64. The lowest BCUT2D eigenvalue weighted by Crippen LogP contribution is -2.20. The van der Waals surface area contributed by atoms with Crippen LogP contribution in [0.4, 0.5) is 5.69 Å². The first-order valence-corrected chi connectivity index (χ1v) is 6.14. The Morgan fingerprint density at radius 1 is 1.56 bits per heavy atom. The van der Waals surface area contributed by atoms with Crippen LogP contribution in [-0.2, 0) is 4.79 Å². The Morgan fingerprint density at radius 2 is 2.33 bits per heavy atom. The lowest BCUT2D eigenvalue weighted by Gasteiger charge is -2.00. The number of nitrogens with zero attached hydrogens (tertiary/aromatic N) is 1. The minimum absolute atomic E-state index is 0.0660. The Hall–Kier alpha value is -2.11. The van der Waals surface area contributed by atoms with Crippen LogP contribution in [0.25, 0.3) is 0 Å². The van der Waals surface area contributed by atoms with Crippen LogP contribution < -0.4 is 11.1 Å². The van der Waals surface area contributed by atoms with E-state index in [2.05, 4.69) is 17.2 Å². The summed E-state index contributed by atoms with van der Waals surface area (Å²) in [4.78, 5) is 11.5. The molecule has 1 aromatic carbocycles. The normalized spacial score (nSPS) is 8.89. The van der Waals surface area contributed by atoms with Crippen molar-refractivity contribution in [2.75, 3.05) is 12.3 Å². The molecule has 1 rings (SSSR count). The number of hydrogen-bond donors (Lipinski definition) is 2. The summed E-state index contributed by atoms with van der Waals surface area (Å²) in [6.07, 6.45) is 0.564. The molecule has 0 saturated heterocycles. The monoisotopic (exact) mass is 259 g/mol. The van der Waals surface area contributed by atoms with Gasteiger partial charge in [0.25, 0.3) is 0 Å². The molecule has 1 aromatic rings. The summed E-state index contributed by atoms with van der Waals surface area (Å²) >= 11 is 1.07. The Kier molecular flexibility index (Phi) is 5.63. The lowest BCUT2D eigenvalue weighted by atomic mass is 10.2. The van der Waals surface area contributed by atoms with Gasteiger partial charge in [-0.05, 0) is 30.0 Å². The topological polar surface area (TPSA) is 78.9 Å². The highest BCUT2D eigenvalue weighted by molar-refractivity contribution is 8.03. The van der Waals surface area contributed by atoms with Crippen LogP contribution in [0.2, 0.25) is 0 Å². The molecular weight excluding hydrogens is 246 g/mol. The molecule has 1 amide bonds. The maximum atomic E-state index is 10.6. The number of nitriles is 1. The van der Waals surface area contributed by atoms with Crippen LogP contribution in [0.15, 0.2) is 23.1 Å². The molecule has 0 radical (unpaired) electrons. The second kappa shape index (κ2) is 7.26. The average Bonchev–Trinajstić information content (AvgIpc) is 2.32. The van der Waals surface area contributed by atoms with Gasteiger partial charge in [0.2, 0.25) is 5.91 Å². The minimum Gasteiger partial charge on any atom is -0.398 e. The molecule has 0 aliphatic heterocycles. The number of benzene rings is 1. The maximum Gasteiger partial charge on any atom is 0.216 e. The number of thioether (sulfide) groups is 1. The molecule has 3 N–H and O–H groups in total. The quantitative estimate of drug-likeness (QED) is 0.285. The molecule has 0 aliphatic carbocycles. The van der Waals surface area contributed by atoms with Crippen molar-refractivity contribution in [2.45, 2.75) is 18.2 Å². The van der Waals surface area contributed by atoms with E-state index in [1.54, 1.807) is 18.2 Å². The van der Waals surface area contributed by atoms with Crippen LogP contribution in [0.3, 0.4) is 0 Å². The van der Waals surface area contributed by atoms with Crippen molar-refractivity contribution >= 4 is 23.4 Å². The second-order valence-corrected chi connectivity index (χ2v) is 4.34. The van der Waals surface area contributed by atoms with E-state index in [1.165, 1.54) is 6.92 Å². The Labute approximate surface area is 111 Å². The maximum absolute atomic E-state index is 10.6. The predicted octanol–water partition coefficient (Wildman–Crippen LogP) is 1.72. The van der Waals surface area contributed by atoms with Gasteiger partial charge in [-0.3, -0.25) is 4.79 Å². The number of nitrogen functional groups attached to an aromatic ring is 1. The number of carbonyl (C=O) groups excluding carboxylic acids is 1. The summed E-state index contributed by atoms with van der Waals surface area (Å²) in [7, 11) is 0. The van der Waals surface area contributed by atoms with E-state index in [1.807, 2.05) is 5.40 Å². The average molecular weight is 259 g/mol. The van der Waals surface area contributed by atoms with Crippen molar-refractivity contribution in [3.05, 3.63) is 23.8 Å². The van der Waals surface area contributed by atoms with E-state index in [0.717, 1.165) is 16.7 Å². The smallest absolute Gasteiger partial charge is 0.216 e. The molecule has 92 valence electrons. The third kappa shape index (κ3) is 4.82. The highest BCUT2D eigenvalue weighted by Crippen LogP contribution is 2.21. The molecule has 0 aromatic heterocycles. The summed E-state index contributed by atoms with van der Waals surface area (Å²) < 4.78 is 0. The summed E-state index contributed by atoms with van der Waals surface area (Å²) in [6.45, 7) is 1.99. The fourth-order valence-electron chi connectivity index (χ4n) is 1.22. The van der Waals surface area contributed by atoms with Crippen molar-refractivity contribution in [3.63, 3.8) is 0 Å². The first kappa shape index (κ1) is 14.0. The fraction of sp³-hybridized carbons (Fsp3) is 0.231. The molecule has 0 unspecified atom stereocenters. The summed E-state index contributed by atoms with van der Waals surface area (Å²) in [5.41, 5.74) is 7.08. The zero-order chi connectivity index (χ0) is 13.4. The van der Waals surface area contributed by atoms with E-state index in [9.17, 15) is 4.79 Å². The van der Waals surface area contributed by atoms with E-state index in [4.69, 9.17) is 11.0 Å². The third-order valence-electron chi connectivity index (χ3n) is 2.04. The van der Waals surface area contributed by atoms with Gasteiger partial charge in [-0.2, -0.15) is 5.26 Å². The molecule has 0 spiro atoms. The molecular formula is C13H13N3OS. The summed E-state index contributed by atoms with van der Waals surface area (Å²) in [5, 5.41) is 13.2. The van der Waals surface area contributed by atoms with Gasteiger partial charge in [0.15, 0.2) is 0 Å². The van der Waals surface area contributed by atoms with E-state index in [-0.39, 0.29) is 5.91 Å². The van der Waals surface area contributed by atoms with Crippen molar-refractivity contribution in [3.8, 4) is 17.2 Å². The van der Waals surface area contributed by atoms with Gasteiger partial charge >= 0.3 is 0 Å². The highest BCUT2D eigenvalue weighted by Gasteiger charge is 1.98. The molecule has 5 heteroatoms. The van der Waals surface area contributed by atoms with Gasteiger partial charge in [-0.25, -0.2) is 0 Å². The zero-order valence-corrected chi connectivity index (χ0v) is 10.8. The van der Waals surface area contributed by atoms with Crippen molar-refractivity contribution in [1.82, 2.24) is 5.32 Å². The van der Waals surface area contributed by atoms with E-state index >= 15 is 0 Å². The van der Waals surface area contributed by atoms with Crippen LogP contribution in [0, 0.1) is 22.5 Å². The zero-order valence-electron chi connectivity index (χ0n) is 9.99. The number of anilines is 1. The van der Waals surface area contributed by atoms with Crippen LogP contribution in [-0.4, -0.2) is 12.5 Å². The standard InChI is InChI=1S/C13H13N3OS/c1-10(17)16-7-3-2-4-11-8-12(18-9-14)5-6-13(11)15/h5-6,8H,3,7,15H2,1H3,(H,16,17). The first-order valence-electron chi connectivity index (χ1n) is 5.32. The van der Waals surface area contributed by atoms with Crippen molar-refractivity contribution in [1.29, 1.82) is 5.26 Å². The predicted molar refractivity (Wildman–Crippen MR) is 72.5 cm³/mol. The summed E-state index contributed by atoms with van der Waals surface area (Å²) in [6, 6.07) is 5.30. The summed E-state index contributed by atoms with van der Waals surface area (Å²) in [5.74, 6) is 5.80. The highest BCUT2D eigenvalue weighted by atomic mass is 32.2. The van der Waals surface area contributed by atoms with Gasteiger partial charge in [0.05, 0.1) is 0 Å². The van der Waals surface area contributed by atoms with Gasteiger partial charge < -0.3 is 11.1 Å². The molecule has 18 heavy (non-hydrogen) atoms. The lowest BCUT2D eigenvalue weighted by molar-refractivity contribution is -0.118. The number of carbonyl (C=O) groups is 1. The molecule has 0 atom stereocenters. The van der Waals surface area contributed by atoms with Gasteiger partial charge in [0.1, 0.15) is 5.40 Å². The van der Waals surface area contributed by atoms with E-state index < -0.39 is 0 Å². The molecule has 0 heterocycles. The first-order chi connectivity index (χ1) is 8.63. The SMILES string of the molecule is CC(=O)NCCC#Cc1cc(SC#N)ccc1N. The largest absolute Gasteiger partial charge is 0.398 e. The Bertz CT molecular complexity index is 537. The molecule has 4 nitrogen and oxygen atoms in total. The Balaban J connectivity index is 2.66. The third-order valence-corrected chi connectivity index (χ3v) is 2.62. The van der Waals surface area contributed by atoms with Crippen molar-refractivity contribution < 1.29 is 4.79 Å². The van der Waals surface area contributed by atoms with Gasteiger partial charge in [0, 0.05) is 36.0 Å². The number of nitrogens with one attached hydrogen (secondary N) is 1. The number of nitrogens with two attached hydrogens (primary N) is 1. The number of hydrogen-bond acceptors (Lipinski definition) is 4. The molecule has 0 bridgehead atoms. The number of amides is 1. The van der Waals surface area contributed by atoms with Crippen LogP contribution in [0.1, 0.15) is 18.9 Å². The second-order valence-electron chi connectivity index (χ2n) is 3.48. The number of thiocyanates is 1. The van der Waals surface area contributed by atoms with Gasteiger partial charge in [-0.15, -0.1) is 0 Å². The van der Waals surface area contributed by atoms with Crippen LogP contribution in [0.5, 0.6) is 0 Å². The molecule has 0 aliphatic rings. The van der Waals surface area contributed by atoms with Crippen molar-refractivity contribution in [2.24, 2.45) is 0 Å². The Morgan fingerprint density at radius 3 is 3.00 bits per heavy atom. The van der Waals surface area contributed by atoms with Crippen LogP contribution >= 0.6 is 11.8 Å².